The van der Waals surface area contributed by atoms with Crippen molar-refractivity contribution in [2.45, 2.75) is 24.5 Å². The zero-order chi connectivity index (χ0) is 16.7. The van der Waals surface area contributed by atoms with E-state index in [-0.39, 0.29) is 59.1 Å². The minimum atomic E-state index is -5.33. The maximum atomic E-state index is 13.2. The van der Waals surface area contributed by atoms with Crippen molar-refractivity contribution in [3.05, 3.63) is 32.9 Å². The van der Waals surface area contributed by atoms with Gasteiger partial charge in [-0.05, 0) is 0 Å². The fraction of sp³-hybridized carbons (Fsp3) is 0.556. The summed E-state index contributed by atoms with van der Waals surface area (Å²) in [6, 6.07) is 0. The van der Waals surface area contributed by atoms with Crippen LogP contribution in [0.1, 0.15) is 6.23 Å². The number of phosphoric acid groups is 1. The van der Waals surface area contributed by atoms with Crippen molar-refractivity contribution in [1.82, 2.24) is 9.55 Å². The molecule has 1 aromatic rings. The number of H-pyrrole nitrogens is 1. The van der Waals surface area contributed by atoms with Gasteiger partial charge in [-0.3, -0.25) is 14.3 Å². The number of hydrogen-bond acceptors (Lipinski definition) is 9. The molecule has 0 amide bonds. The molecule has 1 aromatic heterocycles. The van der Waals surface area contributed by atoms with E-state index in [2.05, 4.69) is 4.52 Å². The smallest absolute Gasteiger partial charge is 0.790 e. The van der Waals surface area contributed by atoms with Gasteiger partial charge in [0, 0.05) is 0 Å². The quantitative estimate of drug-likeness (QED) is 0.335. The Bertz CT molecular complexity index is 722. The van der Waals surface area contributed by atoms with Crippen LogP contribution in [-0.4, -0.2) is 44.7 Å². The number of phosphoric ester groups is 1. The number of ether oxygens (including phenoxy) is 1. The van der Waals surface area contributed by atoms with E-state index < -0.39 is 56.0 Å². The second kappa shape index (κ2) is 9.51. The van der Waals surface area contributed by atoms with Crippen LogP contribution in [0.15, 0.2) is 15.8 Å². The number of aromatic amines is 1. The molecule has 1 aliphatic heterocycles. The Labute approximate surface area is 177 Å². The Balaban J connectivity index is 0.00000264. The Kier molecular flexibility index (Phi) is 9.75. The third-order valence-electron chi connectivity index (χ3n) is 2.93. The van der Waals surface area contributed by atoms with E-state index in [1.54, 1.807) is 4.98 Å². The largest absolute Gasteiger partial charge is 1.00 e. The predicted molar refractivity (Wildman–Crippen MR) is 60.8 cm³/mol. The fourth-order valence-corrected chi connectivity index (χ4v) is 2.24. The number of aliphatic hydroxyl groups excluding tert-OH is 2. The van der Waals surface area contributed by atoms with Crippen molar-refractivity contribution in [2.75, 3.05) is 6.61 Å². The maximum absolute atomic E-state index is 13.2. The van der Waals surface area contributed by atoms with Crippen LogP contribution in [0.4, 0.5) is 4.39 Å². The second-order valence-corrected chi connectivity index (χ2v) is 5.59. The van der Waals surface area contributed by atoms with Gasteiger partial charge < -0.3 is 33.8 Å². The summed E-state index contributed by atoms with van der Waals surface area (Å²) < 4.78 is 32.9. The average Bonchev–Trinajstić information content (AvgIpc) is 2.68. The van der Waals surface area contributed by atoms with E-state index in [0.717, 1.165) is 0 Å². The Hall–Kier alpha value is 0.600. The van der Waals surface area contributed by atoms with Gasteiger partial charge >= 0.3 is 64.8 Å². The fourth-order valence-electron chi connectivity index (χ4n) is 1.91. The molecule has 0 bridgehead atoms. The van der Waals surface area contributed by atoms with Crippen molar-refractivity contribution in [1.29, 1.82) is 0 Å². The molecule has 3 N–H and O–H groups in total. The predicted octanol–water partition coefficient (Wildman–Crippen LogP) is -9.85. The van der Waals surface area contributed by atoms with Crippen LogP contribution >= 0.6 is 7.82 Å². The van der Waals surface area contributed by atoms with Gasteiger partial charge in [-0.2, -0.15) is 4.39 Å². The van der Waals surface area contributed by atoms with Crippen molar-refractivity contribution in [3.8, 4) is 0 Å². The van der Waals surface area contributed by atoms with E-state index in [0.29, 0.717) is 10.8 Å². The van der Waals surface area contributed by atoms with E-state index in [4.69, 9.17) is 4.74 Å². The van der Waals surface area contributed by atoms with Gasteiger partial charge in [0.25, 0.3) is 5.56 Å². The summed E-state index contributed by atoms with van der Waals surface area (Å²) in [5, 5.41) is 19.4. The molecule has 11 nitrogen and oxygen atoms in total. The zero-order valence-corrected chi connectivity index (χ0v) is 17.5. The van der Waals surface area contributed by atoms with Crippen LogP contribution in [0, 0.1) is 5.82 Å². The van der Waals surface area contributed by atoms with Crippen LogP contribution in [-0.2, 0) is 13.8 Å². The van der Waals surface area contributed by atoms with Crippen molar-refractivity contribution >= 4 is 7.82 Å². The first-order valence-corrected chi connectivity index (χ1v) is 7.25. The van der Waals surface area contributed by atoms with Gasteiger partial charge in [0.2, 0.25) is 5.82 Å². The van der Waals surface area contributed by atoms with Crippen LogP contribution in [0.2, 0.25) is 0 Å². The number of nitrogens with one attached hydrogen (secondary N) is 1. The van der Waals surface area contributed by atoms with Gasteiger partial charge in [-0.1, -0.05) is 0 Å². The molecule has 4 unspecified atom stereocenters. The van der Waals surface area contributed by atoms with E-state index in [1.807, 2.05) is 0 Å². The van der Waals surface area contributed by atoms with E-state index >= 15 is 0 Å². The average molecular weight is 386 g/mol. The number of aliphatic hydroxyl groups is 2. The number of hydrogen-bond donors (Lipinski definition) is 3. The number of aromatic nitrogens is 2. The standard InChI is InChI=1S/C9H12FN2O9P.2Na/c10-3-1-12(9(16)11-7(3)15)8-6(14)5(13)4(21-8)2-20-22(17,18)19;;/h1,4-6,8,13-14H,2H2,(H,11,15,16)(H2,17,18,19);;/q;2*+1/p-2. The normalized spacial score (nSPS) is 26.5. The van der Waals surface area contributed by atoms with Gasteiger partial charge in [-0.25, -0.2) is 4.79 Å². The first-order chi connectivity index (χ1) is 10.1. The molecule has 15 heteroatoms. The molecule has 2 rings (SSSR count). The first kappa shape index (κ1) is 24.6. The van der Waals surface area contributed by atoms with Crippen molar-refractivity contribution in [3.63, 3.8) is 0 Å². The molecule has 0 aromatic carbocycles. The molecule has 24 heavy (non-hydrogen) atoms. The summed E-state index contributed by atoms with van der Waals surface area (Å²) in [6.07, 6.45) is -6.08. The van der Waals surface area contributed by atoms with Gasteiger partial charge in [0.15, 0.2) is 6.23 Å². The molecule has 0 aliphatic carbocycles. The van der Waals surface area contributed by atoms with Crippen LogP contribution in [0.25, 0.3) is 0 Å². The summed E-state index contributed by atoms with van der Waals surface area (Å²) in [5.74, 6) is -1.34. The molecule has 0 spiro atoms. The summed E-state index contributed by atoms with van der Waals surface area (Å²) in [5.41, 5.74) is -2.41. The zero-order valence-electron chi connectivity index (χ0n) is 12.6. The minimum Gasteiger partial charge on any atom is -0.790 e. The maximum Gasteiger partial charge on any atom is 1.00 e. The molecule has 2 heterocycles. The van der Waals surface area contributed by atoms with Crippen molar-refractivity contribution < 1.29 is 97.3 Å². The van der Waals surface area contributed by atoms with E-state index in [1.165, 1.54) is 0 Å². The van der Waals surface area contributed by atoms with Gasteiger partial charge in [0.1, 0.15) is 18.3 Å². The Morgan fingerprint density at radius 2 is 1.92 bits per heavy atom. The minimum absolute atomic E-state index is 0. The first-order valence-electron chi connectivity index (χ1n) is 5.79. The Morgan fingerprint density at radius 3 is 2.46 bits per heavy atom. The second-order valence-electron chi connectivity index (χ2n) is 4.43. The Morgan fingerprint density at radius 1 is 1.33 bits per heavy atom. The molecule has 124 valence electrons. The van der Waals surface area contributed by atoms with Gasteiger partial charge in [-0.15, -0.1) is 0 Å². The van der Waals surface area contributed by atoms with Crippen LogP contribution in [0.5, 0.6) is 0 Å². The third-order valence-corrected chi connectivity index (χ3v) is 3.40. The molecule has 0 saturated carbocycles. The molecule has 1 saturated heterocycles. The van der Waals surface area contributed by atoms with Crippen molar-refractivity contribution in [2.24, 2.45) is 0 Å². The number of nitrogens with zero attached hydrogens (tertiary/aromatic N) is 1. The molecular formula is C9H10FN2Na2O9P. The van der Waals surface area contributed by atoms with Crippen LogP contribution < -0.4 is 80.2 Å². The SMILES string of the molecule is O=c1[nH]c(=O)n(C2OC(COP(=O)([O-])[O-])C(O)C2O)cc1F.[Na+].[Na+]. The summed E-state index contributed by atoms with van der Waals surface area (Å²) >= 11 is 0. The molecule has 1 fully saturated rings. The van der Waals surface area contributed by atoms with Gasteiger partial charge in [0.05, 0.1) is 20.6 Å². The molecule has 4 atom stereocenters. The number of rotatable bonds is 4. The van der Waals surface area contributed by atoms with E-state index in [9.17, 15) is 38.5 Å². The summed E-state index contributed by atoms with van der Waals surface area (Å²) in [4.78, 5) is 44.8. The summed E-state index contributed by atoms with van der Waals surface area (Å²) in [6.45, 7) is -0.903. The summed E-state index contributed by atoms with van der Waals surface area (Å²) in [7, 11) is -5.33. The van der Waals surface area contributed by atoms with Crippen LogP contribution in [0.3, 0.4) is 0 Å². The molecule has 1 aliphatic rings. The number of halogens is 1. The molecule has 0 radical (unpaired) electrons. The monoisotopic (exact) mass is 386 g/mol. The molecular weight excluding hydrogens is 376 g/mol. The topological polar surface area (TPSA) is 177 Å². The third kappa shape index (κ3) is 5.81.